The smallest absolute Gasteiger partial charge is 0.322 e. The van der Waals surface area contributed by atoms with Crippen LogP contribution in [0.5, 0.6) is 0 Å². The molecule has 0 aliphatic heterocycles. The number of rotatable bonds is 3. The minimum atomic E-state index is -0.357. The summed E-state index contributed by atoms with van der Waals surface area (Å²) in [6, 6.07) is 3.49. The van der Waals surface area contributed by atoms with Crippen molar-refractivity contribution >= 4 is 11.9 Å². The summed E-state index contributed by atoms with van der Waals surface area (Å²) in [5.74, 6) is 2.57. The van der Waals surface area contributed by atoms with E-state index in [1.165, 1.54) is 0 Å². The molecular formula is C15H15N3O4. The number of nitrogens with zero attached hydrogens (tertiary/aromatic N) is 2. The summed E-state index contributed by atoms with van der Waals surface area (Å²) < 4.78 is 16.2. The lowest BCUT2D eigenvalue weighted by Gasteiger charge is -1.97. The zero-order chi connectivity index (χ0) is 15.9. The van der Waals surface area contributed by atoms with Crippen LogP contribution in [0.25, 0.3) is 11.5 Å². The molecule has 3 aromatic heterocycles. The minimum absolute atomic E-state index is 0.0245. The van der Waals surface area contributed by atoms with Crippen LogP contribution >= 0.6 is 0 Å². The summed E-state index contributed by atoms with van der Waals surface area (Å²) in [4.78, 5) is 12.1. The van der Waals surface area contributed by atoms with Crippen LogP contribution in [-0.4, -0.2) is 16.1 Å². The number of hydrogen-bond donors (Lipinski definition) is 1. The van der Waals surface area contributed by atoms with E-state index < -0.39 is 0 Å². The Morgan fingerprint density at radius 2 is 1.64 bits per heavy atom. The van der Waals surface area contributed by atoms with Crippen LogP contribution < -0.4 is 5.32 Å². The van der Waals surface area contributed by atoms with Crippen molar-refractivity contribution in [2.45, 2.75) is 27.7 Å². The maximum absolute atomic E-state index is 12.1. The Kier molecular flexibility index (Phi) is 3.32. The second-order valence-electron chi connectivity index (χ2n) is 5.02. The lowest BCUT2D eigenvalue weighted by atomic mass is 10.2. The largest absolute Gasteiger partial charge is 0.466 e. The number of amides is 1. The van der Waals surface area contributed by atoms with Gasteiger partial charge in [-0.3, -0.25) is 10.1 Å². The monoisotopic (exact) mass is 301 g/mol. The van der Waals surface area contributed by atoms with Gasteiger partial charge in [-0.1, -0.05) is 5.10 Å². The first-order chi connectivity index (χ1) is 10.4. The van der Waals surface area contributed by atoms with Gasteiger partial charge < -0.3 is 13.3 Å². The number of furan rings is 2. The Hall–Kier alpha value is -2.83. The molecule has 3 aromatic rings. The van der Waals surface area contributed by atoms with Gasteiger partial charge in [0.05, 0.1) is 11.1 Å². The van der Waals surface area contributed by atoms with Crippen LogP contribution in [0.4, 0.5) is 6.01 Å². The Morgan fingerprint density at radius 3 is 2.23 bits per heavy atom. The SMILES string of the molecule is Cc1cc(C(=O)Nc2nnc(-c3cc(C)oc3C)o2)c(C)o1. The summed E-state index contributed by atoms with van der Waals surface area (Å²) in [6.45, 7) is 7.14. The normalized spacial score (nSPS) is 10.9. The average Bonchev–Trinajstić information content (AvgIpc) is 3.10. The van der Waals surface area contributed by atoms with Gasteiger partial charge in [0.15, 0.2) is 0 Å². The van der Waals surface area contributed by atoms with Gasteiger partial charge in [0, 0.05) is 0 Å². The van der Waals surface area contributed by atoms with Gasteiger partial charge in [-0.25, -0.2) is 0 Å². The molecule has 0 saturated carbocycles. The predicted molar refractivity (Wildman–Crippen MR) is 77.6 cm³/mol. The predicted octanol–water partition coefficient (Wildman–Crippen LogP) is 3.41. The maximum atomic E-state index is 12.1. The quantitative estimate of drug-likeness (QED) is 0.796. The molecule has 7 heteroatoms. The standard InChI is InChI=1S/C15H15N3O4/c1-7-5-11(9(3)20-7)13(19)16-15-18-17-14(22-15)12-6-8(2)21-10(12)4/h5-6H,1-4H3,(H,16,18,19). The summed E-state index contributed by atoms with van der Waals surface area (Å²) in [6.07, 6.45) is 0. The van der Waals surface area contributed by atoms with Crippen molar-refractivity contribution in [3.8, 4) is 11.5 Å². The average molecular weight is 301 g/mol. The number of carbonyl (C=O) groups is 1. The molecule has 0 unspecified atom stereocenters. The molecule has 3 heterocycles. The second kappa shape index (κ2) is 5.18. The molecule has 7 nitrogen and oxygen atoms in total. The third-order valence-corrected chi connectivity index (χ3v) is 3.20. The molecule has 0 fully saturated rings. The molecule has 3 rings (SSSR count). The zero-order valence-electron chi connectivity index (χ0n) is 12.7. The van der Waals surface area contributed by atoms with Gasteiger partial charge in [0.25, 0.3) is 11.8 Å². The highest BCUT2D eigenvalue weighted by atomic mass is 16.4. The fraction of sp³-hybridized carbons (Fsp3) is 0.267. The van der Waals surface area contributed by atoms with Crippen LogP contribution in [0, 0.1) is 27.7 Å². The molecule has 0 bridgehead atoms. The molecule has 0 radical (unpaired) electrons. The third kappa shape index (κ3) is 2.52. The first kappa shape index (κ1) is 14.1. The molecule has 114 valence electrons. The maximum Gasteiger partial charge on any atom is 0.322 e. The molecule has 1 amide bonds. The second-order valence-corrected chi connectivity index (χ2v) is 5.02. The topological polar surface area (TPSA) is 94.3 Å². The van der Waals surface area contributed by atoms with E-state index in [2.05, 4.69) is 15.5 Å². The van der Waals surface area contributed by atoms with Gasteiger partial charge in [-0.05, 0) is 39.8 Å². The molecule has 0 saturated heterocycles. The van der Waals surface area contributed by atoms with E-state index in [0.717, 1.165) is 5.76 Å². The number of carbonyl (C=O) groups excluding carboxylic acids is 1. The van der Waals surface area contributed by atoms with E-state index in [-0.39, 0.29) is 11.9 Å². The van der Waals surface area contributed by atoms with E-state index in [1.54, 1.807) is 26.0 Å². The Balaban J connectivity index is 1.81. The molecule has 0 aliphatic carbocycles. The Labute approximate surface area is 126 Å². The van der Waals surface area contributed by atoms with Crippen molar-refractivity contribution < 1.29 is 18.0 Å². The van der Waals surface area contributed by atoms with E-state index in [4.69, 9.17) is 13.3 Å². The van der Waals surface area contributed by atoms with Crippen molar-refractivity contribution in [1.29, 1.82) is 0 Å². The van der Waals surface area contributed by atoms with Crippen LogP contribution in [0.2, 0.25) is 0 Å². The molecule has 1 N–H and O–H groups in total. The van der Waals surface area contributed by atoms with E-state index in [0.29, 0.717) is 34.3 Å². The highest BCUT2D eigenvalue weighted by Crippen LogP contribution is 2.26. The highest BCUT2D eigenvalue weighted by Gasteiger charge is 2.18. The summed E-state index contributed by atoms with van der Waals surface area (Å²) in [5.41, 5.74) is 1.15. The van der Waals surface area contributed by atoms with Crippen LogP contribution in [-0.2, 0) is 0 Å². The van der Waals surface area contributed by atoms with Crippen molar-refractivity contribution in [3.63, 3.8) is 0 Å². The lowest BCUT2D eigenvalue weighted by molar-refractivity contribution is 0.102. The molecule has 0 aliphatic rings. The van der Waals surface area contributed by atoms with Gasteiger partial charge >= 0.3 is 6.01 Å². The zero-order valence-corrected chi connectivity index (χ0v) is 12.7. The summed E-state index contributed by atoms with van der Waals surface area (Å²) in [7, 11) is 0. The van der Waals surface area contributed by atoms with E-state index in [9.17, 15) is 4.79 Å². The van der Waals surface area contributed by atoms with Gasteiger partial charge in [-0.15, -0.1) is 5.10 Å². The molecular weight excluding hydrogens is 286 g/mol. The van der Waals surface area contributed by atoms with Crippen LogP contribution in [0.3, 0.4) is 0 Å². The highest BCUT2D eigenvalue weighted by molar-refractivity contribution is 6.03. The van der Waals surface area contributed by atoms with Crippen molar-refractivity contribution in [1.82, 2.24) is 10.2 Å². The fourth-order valence-corrected chi connectivity index (χ4v) is 2.25. The van der Waals surface area contributed by atoms with Crippen molar-refractivity contribution in [3.05, 3.63) is 40.7 Å². The number of anilines is 1. The molecule has 0 aromatic carbocycles. The van der Waals surface area contributed by atoms with E-state index >= 15 is 0 Å². The third-order valence-electron chi connectivity index (χ3n) is 3.20. The van der Waals surface area contributed by atoms with Gasteiger partial charge in [0.1, 0.15) is 23.0 Å². The molecule has 0 spiro atoms. The first-order valence-electron chi connectivity index (χ1n) is 6.73. The lowest BCUT2D eigenvalue weighted by Crippen LogP contribution is -2.12. The number of nitrogens with one attached hydrogen (secondary N) is 1. The van der Waals surface area contributed by atoms with Gasteiger partial charge in [-0.2, -0.15) is 0 Å². The molecule has 22 heavy (non-hydrogen) atoms. The first-order valence-corrected chi connectivity index (χ1v) is 6.73. The van der Waals surface area contributed by atoms with Gasteiger partial charge in [0.2, 0.25) is 0 Å². The Morgan fingerprint density at radius 1 is 0.955 bits per heavy atom. The summed E-state index contributed by atoms with van der Waals surface area (Å²) in [5, 5.41) is 10.3. The number of hydrogen-bond acceptors (Lipinski definition) is 6. The minimum Gasteiger partial charge on any atom is -0.466 e. The fourth-order valence-electron chi connectivity index (χ4n) is 2.25. The van der Waals surface area contributed by atoms with Crippen LogP contribution in [0.15, 0.2) is 25.4 Å². The van der Waals surface area contributed by atoms with Crippen molar-refractivity contribution in [2.24, 2.45) is 0 Å². The van der Waals surface area contributed by atoms with Crippen molar-refractivity contribution in [2.75, 3.05) is 5.32 Å². The number of aryl methyl sites for hydroxylation is 4. The molecule has 0 atom stereocenters. The summed E-state index contributed by atoms with van der Waals surface area (Å²) >= 11 is 0. The Bertz CT molecular complexity index is 841. The number of aromatic nitrogens is 2. The van der Waals surface area contributed by atoms with E-state index in [1.807, 2.05) is 13.8 Å². The van der Waals surface area contributed by atoms with Crippen LogP contribution in [0.1, 0.15) is 33.4 Å².